The van der Waals surface area contributed by atoms with Gasteiger partial charge in [-0.15, -0.1) is 12.4 Å². The van der Waals surface area contributed by atoms with E-state index < -0.39 is 22.8 Å². The van der Waals surface area contributed by atoms with Gasteiger partial charge in [-0.1, -0.05) is 0 Å². The van der Waals surface area contributed by atoms with Crippen LogP contribution in [0.4, 0.5) is 13.2 Å². The molecule has 1 unspecified atom stereocenters. The minimum Gasteiger partial charge on any atom is -0.468 e. The second kappa shape index (κ2) is 8.32. The Morgan fingerprint density at radius 1 is 1.42 bits per heavy atom. The maximum absolute atomic E-state index is 12.5. The van der Waals surface area contributed by atoms with Crippen LogP contribution in [0.3, 0.4) is 0 Å². The van der Waals surface area contributed by atoms with E-state index in [0.717, 1.165) is 25.1 Å². The summed E-state index contributed by atoms with van der Waals surface area (Å²) in [5.74, 6) is -0.270. The standard InChI is InChI=1S/C13H18F3N3O3S.ClH/c1-17-10-3-2-6-19(8-10)23(20,21)11-4-5-12(18-7-11)22-9-13(14,15)16;/h4-5,7,10,17H,2-3,6,8-9H2,1H3;1H. The number of aromatic nitrogens is 1. The first-order valence-electron chi connectivity index (χ1n) is 7.05. The molecular formula is C13H19ClF3N3O3S. The number of rotatable bonds is 5. The van der Waals surface area contributed by atoms with E-state index in [1.165, 1.54) is 10.4 Å². The first-order chi connectivity index (χ1) is 10.7. The number of pyridine rings is 1. The molecule has 1 atom stereocenters. The number of nitrogens with zero attached hydrogens (tertiary/aromatic N) is 2. The molecule has 0 saturated carbocycles. The van der Waals surface area contributed by atoms with Crippen LogP contribution < -0.4 is 10.1 Å². The monoisotopic (exact) mass is 389 g/mol. The zero-order chi connectivity index (χ0) is 17.1. The summed E-state index contributed by atoms with van der Waals surface area (Å²) in [7, 11) is -1.94. The van der Waals surface area contributed by atoms with Gasteiger partial charge in [-0.2, -0.15) is 17.5 Å². The lowest BCUT2D eigenvalue weighted by molar-refractivity contribution is -0.154. The predicted molar refractivity (Wildman–Crippen MR) is 83.9 cm³/mol. The highest BCUT2D eigenvalue weighted by Crippen LogP contribution is 2.22. The molecule has 1 saturated heterocycles. The average molecular weight is 390 g/mol. The van der Waals surface area contributed by atoms with Gasteiger partial charge in [0, 0.05) is 25.2 Å². The molecule has 0 aromatic carbocycles. The van der Waals surface area contributed by atoms with Crippen molar-refractivity contribution in [2.45, 2.75) is 30.0 Å². The Hall–Kier alpha value is -1.10. The Balaban J connectivity index is 0.00000288. The largest absolute Gasteiger partial charge is 0.468 e. The SMILES string of the molecule is CNC1CCCN(S(=O)(=O)c2ccc(OCC(F)(F)F)nc2)C1.Cl. The topological polar surface area (TPSA) is 71.5 Å². The number of sulfonamides is 1. The van der Waals surface area contributed by atoms with Crippen LogP contribution in [-0.4, -0.2) is 56.7 Å². The van der Waals surface area contributed by atoms with Gasteiger partial charge in [0.2, 0.25) is 15.9 Å². The lowest BCUT2D eigenvalue weighted by Gasteiger charge is -2.31. The lowest BCUT2D eigenvalue weighted by Crippen LogP contribution is -2.46. The molecule has 1 aromatic heterocycles. The van der Waals surface area contributed by atoms with Crippen molar-refractivity contribution < 1.29 is 26.3 Å². The van der Waals surface area contributed by atoms with Crippen molar-refractivity contribution in [3.05, 3.63) is 18.3 Å². The molecule has 1 aliphatic rings. The summed E-state index contributed by atoms with van der Waals surface area (Å²) in [5, 5.41) is 3.05. The van der Waals surface area contributed by atoms with Crippen LogP contribution in [0.2, 0.25) is 0 Å². The quantitative estimate of drug-likeness (QED) is 0.831. The Morgan fingerprint density at radius 3 is 2.67 bits per heavy atom. The van der Waals surface area contributed by atoms with E-state index >= 15 is 0 Å². The van der Waals surface area contributed by atoms with Crippen LogP contribution >= 0.6 is 12.4 Å². The Bertz CT molecular complexity index is 626. The van der Waals surface area contributed by atoms with E-state index in [1.807, 2.05) is 0 Å². The number of piperidine rings is 1. The molecule has 0 spiro atoms. The molecule has 1 aliphatic heterocycles. The predicted octanol–water partition coefficient (Wildman–Crippen LogP) is 1.82. The molecular weight excluding hydrogens is 371 g/mol. The van der Waals surface area contributed by atoms with E-state index in [1.54, 1.807) is 7.05 Å². The first kappa shape index (κ1) is 20.9. The molecule has 6 nitrogen and oxygen atoms in total. The molecule has 0 amide bonds. The Labute approximate surface area is 144 Å². The zero-order valence-electron chi connectivity index (χ0n) is 12.9. The maximum atomic E-state index is 12.5. The van der Waals surface area contributed by atoms with Crippen molar-refractivity contribution in [1.29, 1.82) is 0 Å². The van der Waals surface area contributed by atoms with Gasteiger partial charge in [0.25, 0.3) is 0 Å². The molecule has 2 rings (SSSR count). The number of likely N-dealkylation sites (N-methyl/N-ethyl adjacent to an activating group) is 1. The van der Waals surface area contributed by atoms with Crippen molar-refractivity contribution in [1.82, 2.24) is 14.6 Å². The van der Waals surface area contributed by atoms with Crippen molar-refractivity contribution in [2.24, 2.45) is 0 Å². The fraction of sp³-hybridized carbons (Fsp3) is 0.615. The number of alkyl halides is 3. The van der Waals surface area contributed by atoms with Crippen LogP contribution in [0.15, 0.2) is 23.2 Å². The maximum Gasteiger partial charge on any atom is 0.422 e. The Kier molecular flexibility index (Phi) is 7.26. The number of halogens is 4. The van der Waals surface area contributed by atoms with Gasteiger partial charge in [-0.05, 0) is 26.0 Å². The van der Waals surface area contributed by atoms with Crippen LogP contribution in [-0.2, 0) is 10.0 Å². The number of hydrogen-bond donors (Lipinski definition) is 1. The van der Waals surface area contributed by atoms with Gasteiger partial charge in [0.15, 0.2) is 6.61 Å². The molecule has 11 heteroatoms. The highest BCUT2D eigenvalue weighted by atomic mass is 35.5. The van der Waals surface area contributed by atoms with Gasteiger partial charge >= 0.3 is 6.18 Å². The van der Waals surface area contributed by atoms with Crippen molar-refractivity contribution in [2.75, 3.05) is 26.7 Å². The minimum atomic E-state index is -4.47. The second-order valence-corrected chi connectivity index (χ2v) is 7.16. The third-order valence-electron chi connectivity index (χ3n) is 3.52. The average Bonchev–Trinajstić information content (AvgIpc) is 2.52. The summed E-state index contributed by atoms with van der Waals surface area (Å²) in [5.41, 5.74) is 0. The van der Waals surface area contributed by atoms with Crippen molar-refractivity contribution in [3.63, 3.8) is 0 Å². The van der Waals surface area contributed by atoms with E-state index in [0.29, 0.717) is 13.1 Å². The first-order valence-corrected chi connectivity index (χ1v) is 8.49. The van der Waals surface area contributed by atoms with Crippen LogP contribution in [0.1, 0.15) is 12.8 Å². The van der Waals surface area contributed by atoms with Gasteiger partial charge in [0.05, 0.1) is 6.20 Å². The fourth-order valence-corrected chi connectivity index (χ4v) is 3.78. The molecule has 1 N–H and O–H groups in total. The summed E-state index contributed by atoms with van der Waals surface area (Å²) in [6.07, 6.45) is -1.82. The molecule has 0 aliphatic carbocycles. The lowest BCUT2D eigenvalue weighted by atomic mass is 10.1. The van der Waals surface area contributed by atoms with E-state index in [9.17, 15) is 21.6 Å². The third-order valence-corrected chi connectivity index (χ3v) is 5.37. The van der Waals surface area contributed by atoms with Gasteiger partial charge < -0.3 is 10.1 Å². The highest BCUT2D eigenvalue weighted by molar-refractivity contribution is 7.89. The summed E-state index contributed by atoms with van der Waals surface area (Å²) < 4.78 is 67.0. The summed E-state index contributed by atoms with van der Waals surface area (Å²) >= 11 is 0. The second-order valence-electron chi connectivity index (χ2n) is 5.23. The fourth-order valence-electron chi connectivity index (χ4n) is 2.31. The summed E-state index contributed by atoms with van der Waals surface area (Å²) in [4.78, 5) is 3.58. The van der Waals surface area contributed by atoms with Crippen LogP contribution in [0.5, 0.6) is 5.88 Å². The van der Waals surface area contributed by atoms with E-state index in [4.69, 9.17) is 0 Å². The van der Waals surface area contributed by atoms with Crippen LogP contribution in [0.25, 0.3) is 0 Å². The normalized spacial score (nSPS) is 19.6. The molecule has 2 heterocycles. The number of nitrogens with one attached hydrogen (secondary N) is 1. The molecule has 0 radical (unpaired) electrons. The molecule has 1 fully saturated rings. The van der Waals surface area contributed by atoms with Crippen LogP contribution in [0, 0.1) is 0 Å². The summed E-state index contributed by atoms with van der Waals surface area (Å²) in [6.45, 7) is -0.708. The minimum absolute atomic E-state index is 0. The third kappa shape index (κ3) is 5.47. The molecule has 0 bridgehead atoms. The number of hydrogen-bond acceptors (Lipinski definition) is 5. The van der Waals surface area contributed by atoms with E-state index in [2.05, 4.69) is 15.0 Å². The zero-order valence-corrected chi connectivity index (χ0v) is 14.5. The highest BCUT2D eigenvalue weighted by Gasteiger charge is 2.31. The summed E-state index contributed by atoms with van der Waals surface area (Å²) in [6, 6.07) is 2.41. The number of ether oxygens (including phenoxy) is 1. The molecule has 1 aromatic rings. The van der Waals surface area contributed by atoms with Crippen molar-refractivity contribution in [3.8, 4) is 5.88 Å². The van der Waals surface area contributed by atoms with Gasteiger partial charge in [-0.25, -0.2) is 13.4 Å². The van der Waals surface area contributed by atoms with Gasteiger partial charge in [0.1, 0.15) is 4.90 Å². The van der Waals surface area contributed by atoms with E-state index in [-0.39, 0.29) is 29.2 Å². The Morgan fingerprint density at radius 2 is 2.12 bits per heavy atom. The smallest absolute Gasteiger partial charge is 0.422 e. The van der Waals surface area contributed by atoms with Crippen molar-refractivity contribution >= 4 is 22.4 Å². The molecule has 138 valence electrons. The van der Waals surface area contributed by atoms with Gasteiger partial charge in [-0.3, -0.25) is 0 Å². The molecule has 24 heavy (non-hydrogen) atoms.